The van der Waals surface area contributed by atoms with Crippen molar-refractivity contribution >= 4 is 17.5 Å². The molecule has 0 aliphatic rings. The van der Waals surface area contributed by atoms with Crippen LogP contribution in [0.1, 0.15) is 38.3 Å². The topological polar surface area (TPSA) is 98.4 Å². The monoisotopic (exact) mass is 430 g/mol. The number of anilines is 1. The highest BCUT2D eigenvalue weighted by Crippen LogP contribution is 2.24. The maximum Gasteiger partial charge on any atom is 0.291 e. The number of carbonyl (C=O) groups excluding carboxylic acids is 2. The molecule has 162 valence electrons. The minimum Gasteiger partial charge on any atom is -0.497 e. The fourth-order valence-corrected chi connectivity index (χ4v) is 3.27. The van der Waals surface area contributed by atoms with Crippen molar-refractivity contribution in [3.05, 3.63) is 102 Å². The Bertz CT molecular complexity index is 1200. The molecule has 2 heterocycles. The predicted molar refractivity (Wildman–Crippen MR) is 119 cm³/mol. The predicted octanol–water partition coefficient (Wildman–Crippen LogP) is 3.79. The lowest BCUT2D eigenvalue weighted by Gasteiger charge is -2.19. The Labute approximate surface area is 184 Å². The molecule has 0 fully saturated rings. The van der Waals surface area contributed by atoms with Gasteiger partial charge in [0.15, 0.2) is 5.76 Å². The second-order valence-electron chi connectivity index (χ2n) is 7.08. The zero-order chi connectivity index (χ0) is 22.5. The second kappa shape index (κ2) is 9.22. The van der Waals surface area contributed by atoms with Crippen LogP contribution in [0.4, 0.5) is 5.69 Å². The summed E-state index contributed by atoms with van der Waals surface area (Å²) in [5, 5.41) is 5.78. The quantitative estimate of drug-likeness (QED) is 0.465. The van der Waals surface area contributed by atoms with Crippen molar-refractivity contribution in [2.75, 3.05) is 12.4 Å². The molecule has 4 rings (SSSR count). The van der Waals surface area contributed by atoms with Crippen molar-refractivity contribution in [2.24, 2.45) is 7.05 Å². The molecular weight excluding hydrogens is 408 g/mol. The van der Waals surface area contributed by atoms with E-state index in [0.717, 1.165) is 11.3 Å². The van der Waals surface area contributed by atoms with Gasteiger partial charge in [-0.1, -0.05) is 12.1 Å². The number of hydrogen-bond donors (Lipinski definition) is 2. The summed E-state index contributed by atoms with van der Waals surface area (Å²) in [5.41, 5.74) is 1.88. The molecule has 0 aliphatic heterocycles. The fourth-order valence-electron chi connectivity index (χ4n) is 3.27. The minimum atomic E-state index is -0.452. The Kier molecular flexibility index (Phi) is 6.03. The van der Waals surface area contributed by atoms with E-state index < -0.39 is 6.04 Å². The number of furan rings is 1. The van der Waals surface area contributed by atoms with Crippen molar-refractivity contribution in [1.29, 1.82) is 0 Å². The van der Waals surface area contributed by atoms with Gasteiger partial charge in [0.25, 0.3) is 11.8 Å². The Hall–Kier alpha value is -4.33. The first-order chi connectivity index (χ1) is 15.5. The Balaban J connectivity index is 1.51. The van der Waals surface area contributed by atoms with Crippen molar-refractivity contribution in [3.63, 3.8) is 0 Å². The van der Waals surface area contributed by atoms with Crippen LogP contribution in [0, 0.1) is 0 Å². The van der Waals surface area contributed by atoms with Crippen LogP contribution in [-0.4, -0.2) is 28.5 Å². The maximum atomic E-state index is 13.0. The molecule has 2 aromatic heterocycles. The molecule has 4 aromatic rings. The summed E-state index contributed by atoms with van der Waals surface area (Å²) in [6.07, 6.45) is 4.95. The molecule has 0 spiro atoms. The molecule has 8 heteroatoms. The van der Waals surface area contributed by atoms with E-state index in [0.29, 0.717) is 17.1 Å². The molecule has 8 nitrogen and oxygen atoms in total. The number of benzene rings is 2. The third-order valence-electron chi connectivity index (χ3n) is 4.99. The largest absolute Gasteiger partial charge is 0.497 e. The minimum absolute atomic E-state index is 0.212. The maximum absolute atomic E-state index is 13.0. The molecular formula is C24H22N4O4. The Morgan fingerprint density at radius 2 is 1.78 bits per heavy atom. The average molecular weight is 430 g/mol. The number of amides is 2. The normalized spacial score (nSPS) is 11.6. The van der Waals surface area contributed by atoms with E-state index in [-0.39, 0.29) is 17.6 Å². The third-order valence-corrected chi connectivity index (χ3v) is 4.99. The van der Waals surface area contributed by atoms with Crippen LogP contribution in [0.25, 0.3) is 0 Å². The first kappa shape index (κ1) is 20.9. The third kappa shape index (κ3) is 4.54. The summed E-state index contributed by atoms with van der Waals surface area (Å²) in [7, 11) is 3.48. The van der Waals surface area contributed by atoms with Gasteiger partial charge in [-0.25, -0.2) is 4.98 Å². The van der Waals surface area contributed by atoms with Crippen molar-refractivity contribution < 1.29 is 18.7 Å². The lowest BCUT2D eigenvalue weighted by molar-refractivity contribution is 0.0940. The standard InChI is InChI=1S/C24H22N4O4/c1-28-14-13-25-22(28)21(16-7-11-19(31-2)12-8-16)27-23(29)17-5-9-18(10-6-17)26-24(30)20-4-3-15-32-20/h3-15,21H,1-2H3,(H,26,30)(H,27,29). The van der Waals surface area contributed by atoms with Gasteiger partial charge in [-0.15, -0.1) is 0 Å². The summed E-state index contributed by atoms with van der Waals surface area (Å²) < 4.78 is 12.2. The van der Waals surface area contributed by atoms with E-state index in [2.05, 4.69) is 15.6 Å². The van der Waals surface area contributed by atoms with Gasteiger partial charge in [0, 0.05) is 30.7 Å². The molecule has 0 bridgehead atoms. The van der Waals surface area contributed by atoms with Crippen LogP contribution in [0.15, 0.2) is 83.7 Å². The number of aryl methyl sites for hydroxylation is 1. The van der Waals surface area contributed by atoms with Crippen LogP contribution in [0.2, 0.25) is 0 Å². The number of nitrogens with zero attached hydrogens (tertiary/aromatic N) is 2. The van der Waals surface area contributed by atoms with E-state index in [4.69, 9.17) is 9.15 Å². The molecule has 0 aliphatic carbocycles. The van der Waals surface area contributed by atoms with Gasteiger partial charge in [0.2, 0.25) is 0 Å². The van der Waals surface area contributed by atoms with Gasteiger partial charge in [0.05, 0.1) is 13.4 Å². The number of carbonyl (C=O) groups is 2. The summed E-state index contributed by atoms with van der Waals surface area (Å²) in [5.74, 6) is 1.01. The molecule has 1 atom stereocenters. The molecule has 2 N–H and O–H groups in total. The van der Waals surface area contributed by atoms with E-state index in [1.165, 1.54) is 6.26 Å². The van der Waals surface area contributed by atoms with Crippen LogP contribution >= 0.6 is 0 Å². The van der Waals surface area contributed by atoms with Crippen LogP contribution in [0.5, 0.6) is 5.75 Å². The SMILES string of the molecule is COc1ccc(C(NC(=O)c2ccc(NC(=O)c3ccco3)cc2)c2nccn2C)cc1. The smallest absolute Gasteiger partial charge is 0.291 e. The van der Waals surface area contributed by atoms with Crippen molar-refractivity contribution in [1.82, 2.24) is 14.9 Å². The highest BCUT2D eigenvalue weighted by Gasteiger charge is 2.21. The van der Waals surface area contributed by atoms with Gasteiger partial charge < -0.3 is 24.4 Å². The fraction of sp³-hybridized carbons (Fsp3) is 0.125. The highest BCUT2D eigenvalue weighted by molar-refractivity contribution is 6.02. The van der Waals surface area contributed by atoms with Crippen molar-refractivity contribution in [2.45, 2.75) is 6.04 Å². The van der Waals surface area contributed by atoms with Crippen LogP contribution in [0.3, 0.4) is 0 Å². The number of rotatable bonds is 7. The first-order valence-electron chi connectivity index (χ1n) is 9.92. The molecule has 2 aromatic carbocycles. The highest BCUT2D eigenvalue weighted by atomic mass is 16.5. The van der Waals surface area contributed by atoms with Crippen LogP contribution in [-0.2, 0) is 7.05 Å². The van der Waals surface area contributed by atoms with Crippen molar-refractivity contribution in [3.8, 4) is 5.75 Å². The number of hydrogen-bond acceptors (Lipinski definition) is 5. The Morgan fingerprint density at radius 3 is 2.38 bits per heavy atom. The molecule has 32 heavy (non-hydrogen) atoms. The summed E-state index contributed by atoms with van der Waals surface area (Å²) in [6, 6.07) is 16.9. The van der Waals surface area contributed by atoms with Crippen LogP contribution < -0.4 is 15.4 Å². The molecule has 1 unspecified atom stereocenters. The average Bonchev–Trinajstić information content (AvgIpc) is 3.50. The number of aromatic nitrogens is 2. The molecule has 0 saturated heterocycles. The van der Waals surface area contributed by atoms with E-state index >= 15 is 0 Å². The number of ether oxygens (including phenoxy) is 1. The van der Waals surface area contributed by atoms with Gasteiger partial charge >= 0.3 is 0 Å². The first-order valence-corrected chi connectivity index (χ1v) is 9.92. The van der Waals surface area contributed by atoms with Gasteiger partial charge in [-0.2, -0.15) is 0 Å². The Morgan fingerprint density at radius 1 is 1.03 bits per heavy atom. The number of imidazole rings is 1. The molecule has 2 amide bonds. The van der Waals surface area contributed by atoms with Gasteiger partial charge in [-0.05, 0) is 54.1 Å². The lowest BCUT2D eigenvalue weighted by Crippen LogP contribution is -2.31. The summed E-state index contributed by atoms with van der Waals surface area (Å²) >= 11 is 0. The molecule has 0 radical (unpaired) electrons. The van der Waals surface area contributed by atoms with Gasteiger partial charge in [-0.3, -0.25) is 9.59 Å². The number of nitrogens with one attached hydrogen (secondary N) is 2. The molecule has 0 saturated carbocycles. The zero-order valence-corrected chi connectivity index (χ0v) is 17.6. The summed E-state index contributed by atoms with van der Waals surface area (Å²) in [4.78, 5) is 29.5. The van der Waals surface area contributed by atoms with E-state index in [1.54, 1.807) is 49.7 Å². The summed E-state index contributed by atoms with van der Waals surface area (Å²) in [6.45, 7) is 0. The van der Waals surface area contributed by atoms with E-state index in [9.17, 15) is 9.59 Å². The van der Waals surface area contributed by atoms with E-state index in [1.807, 2.05) is 42.1 Å². The van der Waals surface area contributed by atoms with Gasteiger partial charge in [0.1, 0.15) is 17.6 Å². The zero-order valence-electron chi connectivity index (χ0n) is 17.6. The second-order valence-corrected chi connectivity index (χ2v) is 7.08. The number of methoxy groups -OCH3 is 1. The lowest BCUT2D eigenvalue weighted by atomic mass is 10.0.